The summed E-state index contributed by atoms with van der Waals surface area (Å²) in [4.78, 5) is 0. The van der Waals surface area contributed by atoms with Crippen molar-refractivity contribution in [3.8, 4) is 0 Å². The molecule has 0 aliphatic carbocycles. The van der Waals surface area contributed by atoms with Crippen molar-refractivity contribution in [1.82, 2.24) is 0 Å². The summed E-state index contributed by atoms with van der Waals surface area (Å²) in [6.07, 6.45) is 2.60. The van der Waals surface area contributed by atoms with Gasteiger partial charge < -0.3 is 10.5 Å². The van der Waals surface area contributed by atoms with Crippen LogP contribution in [0.1, 0.15) is 6.92 Å². The molecule has 0 aromatic carbocycles. The van der Waals surface area contributed by atoms with E-state index in [1.54, 1.807) is 0 Å². The molecular formula is C7H11NO. The Morgan fingerprint density at radius 1 is 1.67 bits per heavy atom. The second-order valence-electron chi connectivity index (χ2n) is 1.97. The molecule has 0 aromatic heterocycles. The molecular weight excluding hydrogens is 114 g/mol. The van der Waals surface area contributed by atoms with Crippen LogP contribution in [0.25, 0.3) is 0 Å². The van der Waals surface area contributed by atoms with Gasteiger partial charge in [0, 0.05) is 0 Å². The first-order chi connectivity index (χ1) is 4.04. The van der Waals surface area contributed by atoms with Crippen molar-refractivity contribution in [3.63, 3.8) is 0 Å². The Labute approximate surface area is 55.0 Å². The Hall–Kier alpha value is -0.890. The van der Waals surface area contributed by atoms with Gasteiger partial charge in [-0.2, -0.15) is 0 Å². The third-order valence-corrected chi connectivity index (χ3v) is 1.15. The van der Waals surface area contributed by atoms with Crippen molar-refractivity contribution >= 4 is 5.71 Å². The van der Waals surface area contributed by atoms with E-state index in [2.05, 4.69) is 13.2 Å². The molecule has 0 heterocycles. The van der Waals surface area contributed by atoms with Gasteiger partial charge >= 0.3 is 0 Å². The molecule has 0 radical (unpaired) electrons. The summed E-state index contributed by atoms with van der Waals surface area (Å²) in [5, 5.41) is 16.3. The van der Waals surface area contributed by atoms with E-state index in [-0.39, 0.29) is 5.71 Å². The maximum atomic E-state index is 9.18. The minimum absolute atomic E-state index is 0.0671. The van der Waals surface area contributed by atoms with Crippen LogP contribution in [0.4, 0.5) is 0 Å². The quantitative estimate of drug-likeness (QED) is 0.431. The maximum Gasteiger partial charge on any atom is 0.121 e. The van der Waals surface area contributed by atoms with E-state index in [0.717, 1.165) is 0 Å². The van der Waals surface area contributed by atoms with E-state index < -0.39 is 5.60 Å². The largest absolute Gasteiger partial charge is 0.380 e. The third kappa shape index (κ3) is 1.82. The predicted molar refractivity (Wildman–Crippen MR) is 38.7 cm³/mol. The molecule has 0 aliphatic rings. The topological polar surface area (TPSA) is 44.1 Å². The highest BCUT2D eigenvalue weighted by atomic mass is 16.3. The average molecular weight is 125 g/mol. The average Bonchev–Trinajstić information content (AvgIpc) is 1.86. The molecule has 1 unspecified atom stereocenters. The smallest absolute Gasteiger partial charge is 0.121 e. The summed E-state index contributed by atoms with van der Waals surface area (Å²) in [6, 6.07) is 0. The fourth-order valence-electron chi connectivity index (χ4n) is 0.317. The molecule has 0 aliphatic heterocycles. The second kappa shape index (κ2) is 2.60. The van der Waals surface area contributed by atoms with Gasteiger partial charge in [-0.15, -0.1) is 0 Å². The lowest BCUT2D eigenvalue weighted by Gasteiger charge is -2.15. The van der Waals surface area contributed by atoms with Gasteiger partial charge in [0.05, 0.1) is 5.71 Å². The number of aliphatic hydroxyl groups is 1. The van der Waals surface area contributed by atoms with Crippen LogP contribution in [0.15, 0.2) is 25.3 Å². The molecule has 2 nitrogen and oxygen atoms in total. The van der Waals surface area contributed by atoms with Crippen molar-refractivity contribution in [3.05, 3.63) is 25.3 Å². The fraction of sp³-hybridized carbons (Fsp3) is 0.286. The Bertz CT molecular complexity index is 147. The lowest BCUT2D eigenvalue weighted by atomic mass is 10.0. The maximum absolute atomic E-state index is 9.18. The summed E-state index contributed by atoms with van der Waals surface area (Å²) in [6.45, 7) is 8.20. The lowest BCUT2D eigenvalue weighted by Crippen LogP contribution is -2.29. The van der Waals surface area contributed by atoms with Gasteiger partial charge in [-0.3, -0.25) is 0 Å². The van der Waals surface area contributed by atoms with Gasteiger partial charge in [0.2, 0.25) is 0 Å². The molecule has 0 saturated heterocycles. The standard InChI is InChI=1S/C7H11NO/c1-4-6(8)7(3,9)5-2/h4-5,8-9H,1-2H2,3H3. The van der Waals surface area contributed by atoms with E-state index in [0.29, 0.717) is 0 Å². The summed E-state index contributed by atoms with van der Waals surface area (Å²) in [7, 11) is 0. The molecule has 0 rings (SSSR count). The highest BCUT2D eigenvalue weighted by Crippen LogP contribution is 2.05. The Balaban J connectivity index is 4.31. The summed E-state index contributed by atoms with van der Waals surface area (Å²) < 4.78 is 0. The first-order valence-electron chi connectivity index (χ1n) is 2.62. The Kier molecular flexibility index (Phi) is 2.34. The van der Waals surface area contributed by atoms with Crippen LogP contribution in [-0.4, -0.2) is 16.4 Å². The molecule has 0 spiro atoms. The van der Waals surface area contributed by atoms with Gasteiger partial charge in [-0.05, 0) is 13.0 Å². The highest BCUT2D eigenvalue weighted by molar-refractivity contribution is 5.99. The minimum atomic E-state index is -1.22. The molecule has 0 bridgehead atoms. The van der Waals surface area contributed by atoms with Gasteiger partial charge in [0.1, 0.15) is 5.60 Å². The molecule has 0 aromatic rings. The zero-order valence-electron chi connectivity index (χ0n) is 5.52. The van der Waals surface area contributed by atoms with Gasteiger partial charge in [-0.1, -0.05) is 19.2 Å². The van der Waals surface area contributed by atoms with Crippen molar-refractivity contribution in [1.29, 1.82) is 5.41 Å². The highest BCUT2D eigenvalue weighted by Gasteiger charge is 2.18. The van der Waals surface area contributed by atoms with Crippen molar-refractivity contribution in [2.75, 3.05) is 0 Å². The molecule has 1 atom stereocenters. The second-order valence-corrected chi connectivity index (χ2v) is 1.97. The predicted octanol–water partition coefficient (Wildman–Crippen LogP) is 1.13. The Morgan fingerprint density at radius 2 is 2.11 bits per heavy atom. The van der Waals surface area contributed by atoms with E-state index in [4.69, 9.17) is 5.41 Å². The van der Waals surface area contributed by atoms with Crippen LogP contribution in [-0.2, 0) is 0 Å². The van der Waals surface area contributed by atoms with Crippen LogP contribution in [0.5, 0.6) is 0 Å². The number of nitrogens with one attached hydrogen (secondary N) is 1. The molecule has 0 amide bonds. The molecule has 9 heavy (non-hydrogen) atoms. The van der Waals surface area contributed by atoms with Crippen LogP contribution in [0.3, 0.4) is 0 Å². The van der Waals surface area contributed by atoms with E-state index in [1.807, 2.05) is 0 Å². The molecule has 50 valence electrons. The van der Waals surface area contributed by atoms with E-state index in [1.165, 1.54) is 19.1 Å². The minimum Gasteiger partial charge on any atom is -0.380 e. The van der Waals surface area contributed by atoms with E-state index >= 15 is 0 Å². The van der Waals surface area contributed by atoms with Crippen LogP contribution >= 0.6 is 0 Å². The molecule has 2 heteroatoms. The fourth-order valence-corrected chi connectivity index (χ4v) is 0.317. The van der Waals surface area contributed by atoms with Crippen LogP contribution in [0.2, 0.25) is 0 Å². The zero-order chi connectivity index (χ0) is 7.49. The lowest BCUT2D eigenvalue weighted by molar-refractivity contribution is 0.185. The molecule has 2 N–H and O–H groups in total. The zero-order valence-corrected chi connectivity index (χ0v) is 5.52. The van der Waals surface area contributed by atoms with Crippen LogP contribution in [0, 0.1) is 5.41 Å². The number of hydrogen-bond donors (Lipinski definition) is 2. The third-order valence-electron chi connectivity index (χ3n) is 1.15. The van der Waals surface area contributed by atoms with E-state index in [9.17, 15) is 5.11 Å². The van der Waals surface area contributed by atoms with Crippen LogP contribution < -0.4 is 0 Å². The van der Waals surface area contributed by atoms with Gasteiger partial charge in [0.15, 0.2) is 0 Å². The van der Waals surface area contributed by atoms with Crippen molar-refractivity contribution < 1.29 is 5.11 Å². The molecule has 0 saturated carbocycles. The summed E-state index contributed by atoms with van der Waals surface area (Å²) in [5.41, 5.74) is -1.15. The van der Waals surface area contributed by atoms with Gasteiger partial charge in [0.25, 0.3) is 0 Å². The SMILES string of the molecule is C=CC(=N)C(C)(O)C=C. The number of rotatable bonds is 3. The van der Waals surface area contributed by atoms with Crippen molar-refractivity contribution in [2.45, 2.75) is 12.5 Å². The molecule has 0 fully saturated rings. The summed E-state index contributed by atoms with van der Waals surface area (Å²) in [5.74, 6) is 0. The normalized spacial score (nSPS) is 15.8. The Morgan fingerprint density at radius 3 is 2.22 bits per heavy atom. The van der Waals surface area contributed by atoms with Gasteiger partial charge in [-0.25, -0.2) is 0 Å². The number of hydrogen-bond acceptors (Lipinski definition) is 2. The van der Waals surface area contributed by atoms with Crippen molar-refractivity contribution in [2.24, 2.45) is 0 Å². The first-order valence-corrected chi connectivity index (χ1v) is 2.62. The first kappa shape index (κ1) is 8.11. The monoisotopic (exact) mass is 125 g/mol. The summed E-state index contributed by atoms with van der Waals surface area (Å²) >= 11 is 0.